The normalized spacial score (nSPS) is 13.2. The maximum atomic E-state index is 12.6. The number of nitrogens with zero attached hydrogens (tertiary/aromatic N) is 2. The van der Waals surface area contributed by atoms with Crippen molar-refractivity contribution in [3.63, 3.8) is 0 Å². The maximum Gasteiger partial charge on any atom is 0.243 e. The monoisotopic (exact) mass is 468 g/mol. The van der Waals surface area contributed by atoms with Crippen LogP contribution in [0.4, 0.5) is 0 Å². The lowest BCUT2D eigenvalue weighted by Gasteiger charge is -2.19. The Hall–Kier alpha value is -2.34. The van der Waals surface area contributed by atoms with E-state index < -0.39 is 20.0 Å². The summed E-state index contributed by atoms with van der Waals surface area (Å²) in [6.45, 7) is 6.05. The lowest BCUT2D eigenvalue weighted by atomic mass is 10.1. The van der Waals surface area contributed by atoms with Crippen molar-refractivity contribution in [2.24, 2.45) is 0 Å². The van der Waals surface area contributed by atoms with Gasteiger partial charge >= 0.3 is 0 Å². The van der Waals surface area contributed by atoms with E-state index >= 15 is 0 Å². The third-order valence-electron chi connectivity index (χ3n) is 4.69. The van der Waals surface area contributed by atoms with E-state index in [1.165, 1.54) is 41.0 Å². The molecule has 0 radical (unpaired) electrons. The molecule has 2 N–H and O–H groups in total. The Labute approximate surface area is 184 Å². The van der Waals surface area contributed by atoms with Gasteiger partial charge in [-0.1, -0.05) is 26.0 Å². The first-order valence-corrected chi connectivity index (χ1v) is 12.8. The highest BCUT2D eigenvalue weighted by atomic mass is 32.2. The van der Waals surface area contributed by atoms with E-state index in [4.69, 9.17) is 0 Å². The van der Waals surface area contributed by atoms with Crippen LogP contribution in [0.1, 0.15) is 38.8 Å². The second-order valence-electron chi connectivity index (χ2n) is 6.78. The summed E-state index contributed by atoms with van der Waals surface area (Å²) in [4.78, 5) is 16.2. The van der Waals surface area contributed by atoms with Gasteiger partial charge in [0.1, 0.15) is 4.90 Å². The Morgan fingerprint density at radius 1 is 1.03 bits per heavy atom. The molecule has 0 spiro atoms. The van der Waals surface area contributed by atoms with Crippen LogP contribution in [0.2, 0.25) is 0 Å². The number of benzene rings is 1. The second kappa shape index (κ2) is 10.8. The molecule has 9 nitrogen and oxygen atoms in total. The van der Waals surface area contributed by atoms with Gasteiger partial charge in [0.05, 0.1) is 10.9 Å². The molecular weight excluding hydrogens is 440 g/mol. The van der Waals surface area contributed by atoms with Crippen LogP contribution in [0, 0.1) is 0 Å². The van der Waals surface area contributed by atoms with Crippen LogP contribution in [0.3, 0.4) is 0 Å². The largest absolute Gasteiger partial charge is 0.350 e. The molecule has 0 aliphatic carbocycles. The number of carbonyl (C=O) groups excluding carboxylic acids is 1. The number of aromatic nitrogens is 1. The van der Waals surface area contributed by atoms with Crippen molar-refractivity contribution < 1.29 is 21.6 Å². The first kappa shape index (κ1) is 24.9. The maximum absolute atomic E-state index is 12.6. The van der Waals surface area contributed by atoms with Gasteiger partial charge in [-0.05, 0) is 36.8 Å². The minimum absolute atomic E-state index is 0.0310. The lowest BCUT2D eigenvalue weighted by Crippen LogP contribution is -2.32. The molecule has 0 aliphatic rings. The van der Waals surface area contributed by atoms with E-state index in [1.54, 1.807) is 32.9 Å². The number of carbonyl (C=O) groups is 1. The lowest BCUT2D eigenvalue weighted by molar-refractivity contribution is -0.121. The van der Waals surface area contributed by atoms with Crippen molar-refractivity contribution in [3.8, 4) is 0 Å². The Bertz CT molecular complexity index is 1070. The van der Waals surface area contributed by atoms with Crippen molar-refractivity contribution >= 4 is 26.0 Å². The van der Waals surface area contributed by atoms with Crippen molar-refractivity contribution in [2.45, 2.75) is 43.0 Å². The van der Waals surface area contributed by atoms with E-state index in [9.17, 15) is 21.6 Å². The molecule has 1 heterocycles. The SMILES string of the molecule is CCN(CC)S(=O)(=O)c1ccc(C(C)NC(=O)CCNS(=O)(=O)c2cccnc2)cc1. The van der Waals surface area contributed by atoms with Gasteiger partial charge in [0.25, 0.3) is 0 Å². The molecule has 2 rings (SSSR count). The smallest absolute Gasteiger partial charge is 0.243 e. The van der Waals surface area contributed by atoms with Gasteiger partial charge in [-0.25, -0.2) is 21.6 Å². The highest BCUT2D eigenvalue weighted by molar-refractivity contribution is 7.89. The Morgan fingerprint density at radius 3 is 2.23 bits per heavy atom. The number of nitrogens with one attached hydrogen (secondary N) is 2. The number of hydrogen-bond donors (Lipinski definition) is 2. The van der Waals surface area contributed by atoms with Gasteiger partial charge in [0, 0.05) is 38.4 Å². The summed E-state index contributed by atoms with van der Waals surface area (Å²) in [6.07, 6.45) is 2.66. The summed E-state index contributed by atoms with van der Waals surface area (Å²) in [5.41, 5.74) is 0.739. The molecule has 0 bridgehead atoms. The number of sulfonamides is 2. The van der Waals surface area contributed by atoms with Gasteiger partial charge in [0.15, 0.2) is 0 Å². The van der Waals surface area contributed by atoms with Crippen molar-refractivity contribution in [1.29, 1.82) is 0 Å². The fraction of sp³-hybridized carbons (Fsp3) is 0.400. The summed E-state index contributed by atoms with van der Waals surface area (Å²) < 4.78 is 53.1. The zero-order chi connectivity index (χ0) is 23.1. The summed E-state index contributed by atoms with van der Waals surface area (Å²) in [7, 11) is -7.26. The van der Waals surface area contributed by atoms with Gasteiger partial charge in [-0.3, -0.25) is 9.78 Å². The zero-order valence-electron chi connectivity index (χ0n) is 17.8. The predicted molar refractivity (Wildman–Crippen MR) is 117 cm³/mol. The topological polar surface area (TPSA) is 126 Å². The van der Waals surface area contributed by atoms with Crippen LogP contribution >= 0.6 is 0 Å². The number of rotatable bonds is 11. The summed E-state index contributed by atoms with van der Waals surface area (Å²) in [6, 6.07) is 8.93. The fourth-order valence-electron chi connectivity index (χ4n) is 2.93. The van der Waals surface area contributed by atoms with Gasteiger partial charge in [-0.15, -0.1) is 0 Å². The third kappa shape index (κ3) is 6.57. The molecule has 1 aromatic heterocycles. The summed E-state index contributed by atoms with van der Waals surface area (Å²) >= 11 is 0. The minimum Gasteiger partial charge on any atom is -0.350 e. The second-order valence-corrected chi connectivity index (χ2v) is 10.5. The quantitative estimate of drug-likeness (QED) is 0.517. The zero-order valence-corrected chi connectivity index (χ0v) is 19.4. The van der Waals surface area contributed by atoms with E-state index in [2.05, 4.69) is 15.0 Å². The van der Waals surface area contributed by atoms with E-state index in [-0.39, 0.29) is 34.7 Å². The third-order valence-corrected chi connectivity index (χ3v) is 8.20. The van der Waals surface area contributed by atoms with Crippen LogP contribution in [0.5, 0.6) is 0 Å². The molecule has 31 heavy (non-hydrogen) atoms. The van der Waals surface area contributed by atoms with Gasteiger partial charge in [0.2, 0.25) is 26.0 Å². The number of hydrogen-bond acceptors (Lipinski definition) is 6. The van der Waals surface area contributed by atoms with Crippen LogP contribution in [0.15, 0.2) is 58.6 Å². The molecule has 1 amide bonds. The van der Waals surface area contributed by atoms with Gasteiger partial charge in [-0.2, -0.15) is 4.31 Å². The van der Waals surface area contributed by atoms with E-state index in [0.717, 1.165) is 5.56 Å². The van der Waals surface area contributed by atoms with Crippen molar-refractivity contribution in [3.05, 3.63) is 54.4 Å². The van der Waals surface area contributed by atoms with E-state index in [0.29, 0.717) is 13.1 Å². The molecule has 1 aromatic carbocycles. The standard InChI is InChI=1S/C20H28N4O5S2/c1-4-24(5-2)31(28,29)18-10-8-17(9-11-18)16(3)23-20(25)12-14-22-30(26,27)19-7-6-13-21-15-19/h6-11,13,15-16,22H,4-5,12,14H2,1-3H3,(H,23,25). The average Bonchev–Trinajstić information content (AvgIpc) is 2.75. The van der Waals surface area contributed by atoms with Gasteiger partial charge < -0.3 is 5.32 Å². The molecule has 0 fully saturated rings. The van der Waals surface area contributed by atoms with Crippen molar-refractivity contribution in [2.75, 3.05) is 19.6 Å². The van der Waals surface area contributed by atoms with Crippen LogP contribution < -0.4 is 10.0 Å². The summed E-state index contributed by atoms with van der Waals surface area (Å²) in [5.74, 6) is -0.332. The molecule has 2 aromatic rings. The van der Waals surface area contributed by atoms with Crippen LogP contribution in [-0.4, -0.2) is 51.7 Å². The first-order chi connectivity index (χ1) is 14.6. The highest BCUT2D eigenvalue weighted by Crippen LogP contribution is 2.19. The molecule has 11 heteroatoms. The molecule has 0 saturated heterocycles. The molecular formula is C20H28N4O5S2. The average molecular weight is 469 g/mol. The Balaban J connectivity index is 1.91. The number of pyridine rings is 1. The Morgan fingerprint density at radius 2 is 1.68 bits per heavy atom. The minimum atomic E-state index is -3.72. The molecule has 0 saturated carbocycles. The fourth-order valence-corrected chi connectivity index (χ4v) is 5.38. The Kier molecular flexibility index (Phi) is 8.69. The van der Waals surface area contributed by atoms with E-state index in [1.807, 2.05) is 0 Å². The van der Waals surface area contributed by atoms with Crippen LogP contribution in [0.25, 0.3) is 0 Å². The summed E-state index contributed by atoms with van der Waals surface area (Å²) in [5, 5.41) is 2.78. The molecule has 170 valence electrons. The number of amides is 1. The predicted octanol–water partition coefficient (Wildman–Crippen LogP) is 1.66. The molecule has 0 aliphatic heterocycles. The van der Waals surface area contributed by atoms with Crippen molar-refractivity contribution in [1.82, 2.24) is 19.3 Å². The molecule has 1 atom stereocenters. The van der Waals surface area contributed by atoms with Crippen LogP contribution in [-0.2, 0) is 24.8 Å². The molecule has 1 unspecified atom stereocenters. The first-order valence-electron chi connectivity index (χ1n) is 9.91. The highest BCUT2D eigenvalue weighted by Gasteiger charge is 2.22.